The van der Waals surface area contributed by atoms with Crippen molar-refractivity contribution >= 4 is 10.9 Å². The molecule has 0 saturated heterocycles. The highest BCUT2D eigenvalue weighted by Gasteiger charge is 2.20. The molecule has 2 rings (SSSR count). The summed E-state index contributed by atoms with van der Waals surface area (Å²) in [5.41, 5.74) is 2.35. The molecule has 1 nitrogen and oxygen atoms in total. The van der Waals surface area contributed by atoms with E-state index < -0.39 is 11.6 Å². The van der Waals surface area contributed by atoms with Crippen LogP contribution in [0.5, 0.6) is 0 Å². The molecule has 1 atom stereocenters. The van der Waals surface area contributed by atoms with E-state index in [1.807, 2.05) is 6.92 Å². The predicted molar refractivity (Wildman–Crippen MR) is 66.2 cm³/mol. The number of fused-ring (bicyclic) bond motifs is 1. The van der Waals surface area contributed by atoms with Crippen molar-refractivity contribution in [3.8, 4) is 0 Å². The van der Waals surface area contributed by atoms with E-state index in [0.717, 1.165) is 17.3 Å². The fraction of sp³-hybridized carbons (Fsp3) is 0.429. The molecule has 1 aromatic carbocycles. The van der Waals surface area contributed by atoms with Crippen LogP contribution >= 0.6 is 0 Å². The number of benzene rings is 1. The molecule has 1 N–H and O–H groups in total. The Balaban J connectivity index is 2.75. The Kier molecular flexibility index (Phi) is 2.94. The second kappa shape index (κ2) is 4.13. The molecule has 0 aliphatic carbocycles. The molecule has 0 aliphatic rings. The maximum atomic E-state index is 13.6. The van der Waals surface area contributed by atoms with Gasteiger partial charge in [0.25, 0.3) is 0 Å². The van der Waals surface area contributed by atoms with E-state index in [9.17, 15) is 8.78 Å². The van der Waals surface area contributed by atoms with Crippen LogP contribution in [0.15, 0.2) is 12.1 Å². The minimum Gasteiger partial charge on any atom is -0.356 e. The largest absolute Gasteiger partial charge is 0.356 e. The van der Waals surface area contributed by atoms with Gasteiger partial charge in [0.1, 0.15) is 11.6 Å². The van der Waals surface area contributed by atoms with E-state index in [1.54, 1.807) is 0 Å². The van der Waals surface area contributed by atoms with Crippen LogP contribution in [0.2, 0.25) is 0 Å². The number of hydrogen-bond donors (Lipinski definition) is 1. The first-order valence-electron chi connectivity index (χ1n) is 5.89. The van der Waals surface area contributed by atoms with E-state index in [0.29, 0.717) is 16.8 Å². The highest BCUT2D eigenvalue weighted by molar-refractivity contribution is 5.85. The fourth-order valence-electron chi connectivity index (χ4n) is 2.29. The van der Waals surface area contributed by atoms with Crippen molar-refractivity contribution in [2.45, 2.75) is 33.6 Å². The van der Waals surface area contributed by atoms with Crippen LogP contribution in [0.25, 0.3) is 10.9 Å². The summed E-state index contributed by atoms with van der Waals surface area (Å²) in [6.07, 6.45) is 0. The van der Waals surface area contributed by atoms with Crippen molar-refractivity contribution in [3.05, 3.63) is 35.0 Å². The number of H-pyrrole nitrogens is 1. The zero-order valence-electron chi connectivity index (χ0n) is 10.6. The molecule has 0 radical (unpaired) electrons. The molecule has 1 heterocycles. The van der Waals surface area contributed by atoms with Crippen molar-refractivity contribution in [1.29, 1.82) is 0 Å². The van der Waals surface area contributed by atoms with E-state index in [-0.39, 0.29) is 5.92 Å². The molecular weight excluding hydrogens is 220 g/mol. The van der Waals surface area contributed by atoms with Crippen molar-refractivity contribution < 1.29 is 8.78 Å². The SMILES string of the molecule is Cc1[nH]c2c(F)cc(F)cc2c1C(C)C(C)C. The van der Waals surface area contributed by atoms with Gasteiger partial charge in [0.2, 0.25) is 0 Å². The molecule has 0 aliphatic heterocycles. The Morgan fingerprint density at radius 2 is 1.76 bits per heavy atom. The van der Waals surface area contributed by atoms with Gasteiger partial charge >= 0.3 is 0 Å². The smallest absolute Gasteiger partial charge is 0.150 e. The lowest BCUT2D eigenvalue weighted by Gasteiger charge is -2.16. The fourth-order valence-corrected chi connectivity index (χ4v) is 2.29. The van der Waals surface area contributed by atoms with Gasteiger partial charge in [0.05, 0.1) is 5.52 Å². The van der Waals surface area contributed by atoms with Crippen molar-refractivity contribution in [1.82, 2.24) is 4.98 Å². The molecule has 1 unspecified atom stereocenters. The van der Waals surface area contributed by atoms with Gasteiger partial charge in [-0.15, -0.1) is 0 Å². The number of rotatable bonds is 2. The number of halogens is 2. The first kappa shape index (κ1) is 12.1. The van der Waals surface area contributed by atoms with E-state index >= 15 is 0 Å². The van der Waals surface area contributed by atoms with Gasteiger partial charge < -0.3 is 4.98 Å². The topological polar surface area (TPSA) is 15.8 Å². The van der Waals surface area contributed by atoms with Gasteiger partial charge in [-0.05, 0) is 30.4 Å². The van der Waals surface area contributed by atoms with E-state index in [4.69, 9.17) is 0 Å². The van der Waals surface area contributed by atoms with Crippen molar-refractivity contribution in [2.24, 2.45) is 5.92 Å². The lowest BCUT2D eigenvalue weighted by molar-refractivity contribution is 0.535. The third-order valence-corrected chi connectivity index (χ3v) is 3.52. The molecule has 3 heteroatoms. The maximum Gasteiger partial charge on any atom is 0.150 e. The van der Waals surface area contributed by atoms with Crippen LogP contribution in [0.3, 0.4) is 0 Å². The molecular formula is C14H17F2N. The lowest BCUT2D eigenvalue weighted by Crippen LogP contribution is -2.03. The van der Waals surface area contributed by atoms with Gasteiger partial charge in [-0.3, -0.25) is 0 Å². The lowest BCUT2D eigenvalue weighted by atomic mass is 9.88. The number of nitrogens with one attached hydrogen (secondary N) is 1. The standard InChI is InChI=1S/C14H17F2N/c1-7(2)8(3)13-9(4)17-14-11(13)5-10(15)6-12(14)16/h5-8,17H,1-4H3. The molecule has 0 bridgehead atoms. The Hall–Kier alpha value is -1.38. The van der Waals surface area contributed by atoms with Crippen molar-refractivity contribution in [3.63, 3.8) is 0 Å². The Morgan fingerprint density at radius 1 is 1.12 bits per heavy atom. The summed E-state index contributed by atoms with van der Waals surface area (Å²) >= 11 is 0. The molecule has 0 fully saturated rings. The summed E-state index contributed by atoms with van der Waals surface area (Å²) in [5, 5.41) is 0.668. The average Bonchev–Trinajstić information content (AvgIpc) is 2.54. The Labute approximate surface area is 99.8 Å². The van der Waals surface area contributed by atoms with Gasteiger partial charge in [-0.25, -0.2) is 8.78 Å². The molecule has 2 aromatic rings. The van der Waals surface area contributed by atoms with Crippen LogP contribution in [-0.2, 0) is 0 Å². The van der Waals surface area contributed by atoms with Crippen LogP contribution < -0.4 is 0 Å². The van der Waals surface area contributed by atoms with Crippen LogP contribution in [0.1, 0.15) is 37.9 Å². The van der Waals surface area contributed by atoms with Crippen LogP contribution in [0.4, 0.5) is 8.78 Å². The molecule has 0 spiro atoms. The molecule has 17 heavy (non-hydrogen) atoms. The molecule has 1 aromatic heterocycles. The van der Waals surface area contributed by atoms with Crippen molar-refractivity contribution in [2.75, 3.05) is 0 Å². The highest BCUT2D eigenvalue weighted by atomic mass is 19.1. The van der Waals surface area contributed by atoms with Gasteiger partial charge in [0.15, 0.2) is 0 Å². The Morgan fingerprint density at radius 3 is 2.35 bits per heavy atom. The highest BCUT2D eigenvalue weighted by Crippen LogP contribution is 2.34. The second-order valence-corrected chi connectivity index (χ2v) is 5.01. The molecule has 0 saturated carbocycles. The van der Waals surface area contributed by atoms with Gasteiger partial charge in [-0.2, -0.15) is 0 Å². The second-order valence-electron chi connectivity index (χ2n) is 5.01. The average molecular weight is 237 g/mol. The number of aryl methyl sites for hydroxylation is 1. The van der Waals surface area contributed by atoms with E-state index in [1.165, 1.54) is 6.07 Å². The summed E-state index contributed by atoms with van der Waals surface area (Å²) in [4.78, 5) is 3.02. The maximum absolute atomic E-state index is 13.6. The summed E-state index contributed by atoms with van der Waals surface area (Å²) < 4.78 is 26.9. The number of aromatic nitrogens is 1. The van der Waals surface area contributed by atoms with Gasteiger partial charge in [0, 0.05) is 17.1 Å². The molecule has 0 amide bonds. The third-order valence-electron chi connectivity index (χ3n) is 3.52. The van der Waals surface area contributed by atoms with E-state index in [2.05, 4.69) is 25.8 Å². The minimum absolute atomic E-state index is 0.268. The van der Waals surface area contributed by atoms with Crippen LogP contribution in [0, 0.1) is 24.5 Å². The number of hydrogen-bond acceptors (Lipinski definition) is 0. The summed E-state index contributed by atoms with van der Waals surface area (Å²) in [7, 11) is 0. The number of aromatic amines is 1. The first-order valence-corrected chi connectivity index (χ1v) is 5.89. The monoisotopic (exact) mass is 237 g/mol. The summed E-state index contributed by atoms with van der Waals surface area (Å²) in [5.74, 6) is -0.347. The van der Waals surface area contributed by atoms with Crippen LogP contribution in [-0.4, -0.2) is 4.98 Å². The summed E-state index contributed by atoms with van der Waals surface area (Å²) in [6.45, 7) is 8.21. The minimum atomic E-state index is -0.523. The third kappa shape index (κ3) is 1.94. The zero-order valence-corrected chi connectivity index (χ0v) is 10.6. The quantitative estimate of drug-likeness (QED) is 0.790. The van der Waals surface area contributed by atoms with Gasteiger partial charge in [-0.1, -0.05) is 20.8 Å². The normalized spacial score (nSPS) is 13.6. The molecule has 92 valence electrons. The first-order chi connectivity index (χ1) is 7.91. The summed E-state index contributed by atoms with van der Waals surface area (Å²) in [6, 6.07) is 2.33. The predicted octanol–water partition coefficient (Wildman–Crippen LogP) is 4.51. The Bertz CT molecular complexity index is 555. The zero-order chi connectivity index (χ0) is 12.7.